The van der Waals surface area contributed by atoms with Gasteiger partial charge in [0.15, 0.2) is 0 Å². The molecule has 4 aliphatic rings. The van der Waals surface area contributed by atoms with Crippen LogP contribution in [0.2, 0.25) is 0 Å². The van der Waals surface area contributed by atoms with Gasteiger partial charge in [-0.3, -0.25) is 29.0 Å². The predicted octanol–water partition coefficient (Wildman–Crippen LogP) is 11.6. The Labute approximate surface area is 484 Å². The molecular formula is C65H72N6O12. The number of piperidine rings is 4. The average Bonchev–Trinajstić information content (AvgIpc) is 3.53. The second kappa shape index (κ2) is 26.9. The molecular weight excluding hydrogens is 1060 g/mol. The maximum Gasteiger partial charge on any atom is 0.415 e. The molecule has 4 fully saturated rings. The van der Waals surface area contributed by atoms with Crippen molar-refractivity contribution in [2.24, 2.45) is 10.8 Å². The minimum Gasteiger partial charge on any atom is -0.490 e. The van der Waals surface area contributed by atoms with Crippen LogP contribution in [0.3, 0.4) is 0 Å². The third-order valence-electron chi connectivity index (χ3n) is 14.8. The minimum atomic E-state index is -0.389. The summed E-state index contributed by atoms with van der Waals surface area (Å²) in [6.07, 6.45) is 8.11. The summed E-state index contributed by atoms with van der Waals surface area (Å²) < 4.78 is 34.9. The van der Waals surface area contributed by atoms with Gasteiger partial charge in [-0.05, 0) is 126 Å². The van der Waals surface area contributed by atoms with E-state index in [2.05, 4.69) is 9.97 Å². The topological polar surface area (TPSA) is 197 Å². The fourth-order valence-corrected chi connectivity index (χ4v) is 10.2. The number of aromatic nitrogens is 2. The summed E-state index contributed by atoms with van der Waals surface area (Å²) in [6.45, 7) is 12.6. The zero-order valence-corrected chi connectivity index (χ0v) is 47.8. The van der Waals surface area contributed by atoms with E-state index >= 15 is 0 Å². The molecule has 4 saturated heterocycles. The Hall–Kier alpha value is -8.80. The first-order chi connectivity index (χ1) is 39.9. The summed E-state index contributed by atoms with van der Waals surface area (Å²) in [5.41, 5.74) is 2.44. The summed E-state index contributed by atoms with van der Waals surface area (Å²) in [5, 5.41) is 0. The number of amides is 6. The molecule has 6 aromatic rings. The number of carbonyl (C=O) groups is 6. The zero-order chi connectivity index (χ0) is 58.5. The predicted molar refractivity (Wildman–Crippen MR) is 308 cm³/mol. The standard InChI is InChI=1S/C33H37N3O6.C32H35N3O6/c1-23-4-13-29(34-22-23)41-26-11-9-25(10-12-26)40-28-15-17-35(18-16-28)32(39)42-27-7-5-24(6-8-27)14-19-36-30(37)20-33(2,3)21-31(36)38;1-32(2)21-29(36)35(30(37)22-32)20-14-23-6-8-26(9-7-23)41-31(38)34-18-15-27(16-19-34)39-24-10-12-25(13-11-24)40-28-5-3-4-17-33-28/h4-13,22,28H,14-21H2,1-3H3;3-13,17,27H,14-16,18-22H2,1-2H3. The molecule has 0 unspecified atom stereocenters. The van der Waals surface area contributed by atoms with Gasteiger partial charge in [-0.2, -0.15) is 0 Å². The third kappa shape index (κ3) is 17.1. The summed E-state index contributed by atoms with van der Waals surface area (Å²) in [7, 11) is 0. The van der Waals surface area contributed by atoms with Crippen LogP contribution in [0.5, 0.6) is 46.3 Å². The summed E-state index contributed by atoms with van der Waals surface area (Å²) in [6, 6.07) is 38.6. The van der Waals surface area contributed by atoms with E-state index in [0.29, 0.717) is 138 Å². The smallest absolute Gasteiger partial charge is 0.415 e. The highest BCUT2D eigenvalue weighted by atomic mass is 16.6. The molecule has 18 heteroatoms. The van der Waals surface area contributed by atoms with Crippen LogP contribution in [0.1, 0.15) is 95.8 Å². The number of pyridine rings is 2. The number of imide groups is 2. The van der Waals surface area contributed by atoms with E-state index in [0.717, 1.165) is 28.2 Å². The Balaban J connectivity index is 0.000000200. The molecule has 2 aromatic heterocycles. The molecule has 18 nitrogen and oxygen atoms in total. The largest absolute Gasteiger partial charge is 0.490 e. The number of hydrogen-bond donors (Lipinski definition) is 0. The highest BCUT2D eigenvalue weighted by Gasteiger charge is 2.38. The van der Waals surface area contributed by atoms with Crippen LogP contribution in [-0.2, 0) is 32.0 Å². The Morgan fingerprint density at radius 1 is 0.470 bits per heavy atom. The van der Waals surface area contributed by atoms with E-state index in [-0.39, 0.29) is 58.9 Å². The van der Waals surface area contributed by atoms with E-state index in [1.807, 2.05) is 132 Å². The monoisotopic (exact) mass is 1130 g/mol. The van der Waals surface area contributed by atoms with Crippen LogP contribution in [-0.4, -0.2) is 117 Å². The Morgan fingerprint density at radius 3 is 1.20 bits per heavy atom. The molecule has 6 amide bonds. The molecule has 4 aliphatic heterocycles. The maximum absolute atomic E-state index is 12.7. The lowest BCUT2D eigenvalue weighted by Crippen LogP contribution is -2.46. The van der Waals surface area contributed by atoms with Gasteiger partial charge in [-0.25, -0.2) is 19.6 Å². The quantitative estimate of drug-likeness (QED) is 0.0830. The number of aryl methyl sites for hydroxylation is 1. The number of benzene rings is 4. The fourth-order valence-electron chi connectivity index (χ4n) is 10.2. The van der Waals surface area contributed by atoms with Gasteiger partial charge in [0.1, 0.15) is 46.7 Å². The Kier molecular flexibility index (Phi) is 19.0. The van der Waals surface area contributed by atoms with Gasteiger partial charge in [0.2, 0.25) is 35.4 Å². The van der Waals surface area contributed by atoms with Crippen molar-refractivity contribution in [2.75, 3.05) is 39.3 Å². The van der Waals surface area contributed by atoms with Crippen molar-refractivity contribution in [3.8, 4) is 46.3 Å². The molecule has 0 saturated carbocycles. The highest BCUT2D eigenvalue weighted by molar-refractivity contribution is 5.99. The molecule has 10 rings (SSSR count). The number of ether oxygens (including phenoxy) is 6. The van der Waals surface area contributed by atoms with E-state index in [1.54, 1.807) is 52.5 Å². The maximum atomic E-state index is 12.7. The first-order valence-corrected chi connectivity index (χ1v) is 28.4. The van der Waals surface area contributed by atoms with Crippen molar-refractivity contribution in [1.82, 2.24) is 29.6 Å². The lowest BCUT2D eigenvalue weighted by molar-refractivity contribution is -0.154. The van der Waals surface area contributed by atoms with Gasteiger partial charge < -0.3 is 38.2 Å². The number of likely N-dealkylation sites (tertiary alicyclic amines) is 4. The molecule has 0 spiro atoms. The van der Waals surface area contributed by atoms with Crippen LogP contribution < -0.4 is 28.4 Å². The molecule has 83 heavy (non-hydrogen) atoms. The lowest BCUT2D eigenvalue weighted by Gasteiger charge is -2.34. The second-order valence-corrected chi connectivity index (χ2v) is 23.0. The van der Waals surface area contributed by atoms with Crippen LogP contribution in [0.25, 0.3) is 0 Å². The zero-order valence-electron chi connectivity index (χ0n) is 47.8. The molecule has 434 valence electrons. The second-order valence-electron chi connectivity index (χ2n) is 23.0. The van der Waals surface area contributed by atoms with Gasteiger partial charge in [0.05, 0.1) is 0 Å². The van der Waals surface area contributed by atoms with Crippen LogP contribution in [0.15, 0.2) is 140 Å². The first-order valence-electron chi connectivity index (χ1n) is 28.4. The summed E-state index contributed by atoms with van der Waals surface area (Å²) in [5.74, 6) is 4.37. The van der Waals surface area contributed by atoms with E-state index < -0.39 is 0 Å². The van der Waals surface area contributed by atoms with Crippen molar-refractivity contribution in [2.45, 2.75) is 111 Å². The van der Waals surface area contributed by atoms with Crippen LogP contribution >= 0.6 is 0 Å². The lowest BCUT2D eigenvalue weighted by atomic mass is 9.81. The van der Waals surface area contributed by atoms with Gasteiger partial charge in [-0.15, -0.1) is 0 Å². The van der Waals surface area contributed by atoms with Crippen molar-refractivity contribution in [3.63, 3.8) is 0 Å². The first kappa shape index (κ1) is 58.8. The number of rotatable bonds is 16. The van der Waals surface area contributed by atoms with Gasteiger partial charge in [0, 0.05) is 115 Å². The normalized spacial score (nSPS) is 17.3. The van der Waals surface area contributed by atoms with Crippen molar-refractivity contribution in [3.05, 3.63) is 156 Å². The van der Waals surface area contributed by atoms with Gasteiger partial charge >= 0.3 is 12.2 Å². The van der Waals surface area contributed by atoms with Gasteiger partial charge in [0.25, 0.3) is 0 Å². The van der Waals surface area contributed by atoms with E-state index in [9.17, 15) is 28.8 Å². The van der Waals surface area contributed by atoms with E-state index in [4.69, 9.17) is 28.4 Å². The van der Waals surface area contributed by atoms with Crippen molar-refractivity contribution in [1.29, 1.82) is 0 Å². The average molecular weight is 1130 g/mol. The third-order valence-corrected chi connectivity index (χ3v) is 14.8. The number of hydrogen-bond acceptors (Lipinski definition) is 14. The van der Waals surface area contributed by atoms with E-state index in [1.165, 1.54) is 9.80 Å². The molecule has 0 N–H and O–H groups in total. The molecule has 0 atom stereocenters. The van der Waals surface area contributed by atoms with Crippen LogP contribution in [0.4, 0.5) is 9.59 Å². The molecule has 0 radical (unpaired) electrons. The Morgan fingerprint density at radius 2 is 0.843 bits per heavy atom. The number of nitrogens with zero attached hydrogens (tertiary/aromatic N) is 6. The van der Waals surface area contributed by atoms with Crippen molar-refractivity contribution < 1.29 is 57.2 Å². The molecule has 6 heterocycles. The summed E-state index contributed by atoms with van der Waals surface area (Å²) in [4.78, 5) is 89.5. The summed E-state index contributed by atoms with van der Waals surface area (Å²) >= 11 is 0. The molecule has 0 bridgehead atoms. The van der Waals surface area contributed by atoms with Crippen molar-refractivity contribution >= 4 is 35.8 Å². The fraction of sp³-hybridized carbons (Fsp3) is 0.385. The highest BCUT2D eigenvalue weighted by Crippen LogP contribution is 2.34. The van der Waals surface area contributed by atoms with Crippen LogP contribution in [0, 0.1) is 17.8 Å². The van der Waals surface area contributed by atoms with Gasteiger partial charge in [-0.1, -0.05) is 64.1 Å². The SMILES string of the molecule is CC1(C)CC(=O)N(CCc2ccc(OC(=O)N3CCC(Oc4ccc(Oc5ccccn5)cc4)CC3)cc2)C(=O)C1.Cc1ccc(Oc2ccc(OC3CCN(C(=O)Oc4ccc(CCN5C(=O)CC(C)(C)CC5=O)cc4)CC3)cc2)nc1. The Bertz CT molecular complexity index is 3140. The minimum absolute atomic E-state index is 0.00334. The number of carbonyl (C=O) groups excluding carboxylic acids is 6. The molecule has 4 aromatic carbocycles. The molecule has 0 aliphatic carbocycles.